The Kier molecular flexibility index (Phi) is 25.5. The number of aliphatic hydroxyl groups is 20. The van der Waals surface area contributed by atoms with Crippen LogP contribution in [-0.4, -0.2) is 373 Å². The predicted octanol–water partition coefficient (Wildman–Crippen LogP) is -15.2. The quantitative estimate of drug-likeness (QED) is 0.0427. The minimum Gasteiger partial charge on any atom is -0.479 e. The second kappa shape index (κ2) is 30.6. The van der Waals surface area contributed by atoms with E-state index in [-0.39, 0.29) is 0 Å². The molecule has 0 aliphatic carbocycles. The third-order valence-corrected chi connectivity index (χ3v) is 14.9. The minimum atomic E-state index is -2.51. The number of aliphatic carboxylic acids is 1. The molecule has 0 spiro atoms. The summed E-state index contributed by atoms with van der Waals surface area (Å²) in [5, 5.41) is 232. The Balaban J connectivity index is 1.46. The van der Waals surface area contributed by atoms with Crippen molar-refractivity contribution in [3.8, 4) is 0 Å². The van der Waals surface area contributed by atoms with E-state index in [1.165, 1.54) is 6.92 Å². The number of nitrogens with one attached hydrogen (secondary N) is 2. The molecule has 0 unspecified atom stereocenters. The van der Waals surface area contributed by atoms with Gasteiger partial charge in [0.05, 0.1) is 51.8 Å². The van der Waals surface area contributed by atoms with Crippen LogP contribution in [0.2, 0.25) is 0 Å². The number of aliphatic hydroxyl groups excluding tert-OH is 20. The lowest BCUT2D eigenvalue weighted by molar-refractivity contribution is -0.416. The lowest BCUT2D eigenvalue weighted by atomic mass is 9.94. The van der Waals surface area contributed by atoms with Gasteiger partial charge in [-0.05, 0) is 6.92 Å². The maximum atomic E-state index is 12.7. The first-order valence-electron chi connectivity index (χ1n) is 26.4. The van der Waals surface area contributed by atoms with Crippen LogP contribution in [0.5, 0.6) is 0 Å². The van der Waals surface area contributed by atoms with Gasteiger partial charge in [-0.2, -0.15) is 0 Å². The zero-order valence-corrected chi connectivity index (χ0v) is 44.9. The number of rotatable bonds is 24. The van der Waals surface area contributed by atoms with Crippen LogP contribution in [0.3, 0.4) is 0 Å². The Morgan fingerprint density at radius 1 is 0.464 bits per heavy atom. The lowest BCUT2D eigenvalue weighted by Gasteiger charge is -2.52. The van der Waals surface area contributed by atoms with Gasteiger partial charge in [0, 0.05) is 13.8 Å². The van der Waals surface area contributed by atoms with Crippen molar-refractivity contribution in [3.63, 3.8) is 0 Å². The van der Waals surface area contributed by atoms with Gasteiger partial charge >= 0.3 is 5.97 Å². The Morgan fingerprint density at radius 2 is 0.917 bits per heavy atom. The van der Waals surface area contributed by atoms with Gasteiger partial charge in [0.25, 0.3) is 0 Å². The maximum Gasteiger partial charge on any atom is 0.335 e. The third kappa shape index (κ3) is 15.6. The molecular formula is C46H78N2O36. The molecule has 38 heteroatoms. The van der Waals surface area contributed by atoms with Crippen molar-refractivity contribution in [2.24, 2.45) is 0 Å². The number of hydrogen-bond donors (Lipinski definition) is 23. The first-order valence-corrected chi connectivity index (χ1v) is 26.4. The number of carbonyl (C=O) groups is 3. The van der Waals surface area contributed by atoms with Crippen molar-refractivity contribution < 1.29 is 178 Å². The maximum absolute atomic E-state index is 12.7. The molecule has 6 aliphatic rings. The van der Waals surface area contributed by atoms with Crippen LogP contribution in [0.25, 0.3) is 0 Å². The normalized spacial score (nSPS) is 46.3. The molecule has 6 heterocycles. The highest BCUT2D eigenvalue weighted by Gasteiger charge is 2.59. The number of carbonyl (C=O) groups excluding carboxylic acids is 2. The highest BCUT2D eigenvalue weighted by atomic mass is 16.8. The van der Waals surface area contributed by atoms with Crippen LogP contribution >= 0.6 is 0 Å². The second-order valence-electron chi connectivity index (χ2n) is 20.9. The van der Waals surface area contributed by atoms with Crippen molar-refractivity contribution in [3.05, 3.63) is 0 Å². The van der Waals surface area contributed by atoms with E-state index >= 15 is 0 Å². The average molecular weight is 1240 g/mol. The van der Waals surface area contributed by atoms with Crippen LogP contribution < -0.4 is 10.6 Å². The number of amides is 2. The van der Waals surface area contributed by atoms with E-state index in [1.807, 2.05) is 0 Å². The molecular weight excluding hydrogens is 1160 g/mol. The average Bonchev–Trinajstić information content (AvgIpc) is 3.29. The molecule has 0 bridgehead atoms. The molecule has 488 valence electrons. The van der Waals surface area contributed by atoms with Gasteiger partial charge in [0.15, 0.2) is 43.8 Å². The summed E-state index contributed by atoms with van der Waals surface area (Å²) in [4.78, 5) is 36.8. The molecule has 38 nitrogen and oxygen atoms in total. The lowest BCUT2D eigenvalue weighted by Crippen LogP contribution is -2.70. The molecule has 0 aromatic carbocycles. The number of carboxylic acid groups (broad SMARTS) is 1. The van der Waals surface area contributed by atoms with E-state index in [0.717, 1.165) is 13.8 Å². The van der Waals surface area contributed by atoms with E-state index in [4.69, 9.17) is 56.8 Å². The molecule has 6 rings (SSSR count). The van der Waals surface area contributed by atoms with Gasteiger partial charge in [0.2, 0.25) is 11.8 Å². The smallest absolute Gasteiger partial charge is 0.335 e. The largest absolute Gasteiger partial charge is 0.479 e. The van der Waals surface area contributed by atoms with Gasteiger partial charge in [-0.25, -0.2) is 4.79 Å². The fourth-order valence-corrected chi connectivity index (χ4v) is 10.2. The highest BCUT2D eigenvalue weighted by Crippen LogP contribution is 2.39. The van der Waals surface area contributed by atoms with E-state index in [1.54, 1.807) is 0 Å². The fourth-order valence-electron chi connectivity index (χ4n) is 10.2. The van der Waals surface area contributed by atoms with Crippen LogP contribution in [0, 0.1) is 0 Å². The van der Waals surface area contributed by atoms with Crippen molar-refractivity contribution in [1.82, 2.24) is 10.6 Å². The van der Waals surface area contributed by atoms with Gasteiger partial charge < -0.3 is 175 Å². The molecule has 2 amide bonds. The van der Waals surface area contributed by atoms with Gasteiger partial charge in [0.1, 0.15) is 153 Å². The third-order valence-electron chi connectivity index (χ3n) is 14.9. The summed E-state index contributed by atoms with van der Waals surface area (Å²) in [5.41, 5.74) is 0. The summed E-state index contributed by atoms with van der Waals surface area (Å²) in [5.74, 6) is -3.60. The van der Waals surface area contributed by atoms with Crippen molar-refractivity contribution in [1.29, 1.82) is 0 Å². The predicted molar refractivity (Wildman–Crippen MR) is 256 cm³/mol. The van der Waals surface area contributed by atoms with E-state index in [0.29, 0.717) is 0 Å². The Morgan fingerprint density at radius 3 is 1.45 bits per heavy atom. The molecule has 34 atom stereocenters. The molecule has 0 radical (unpaired) electrons. The summed E-state index contributed by atoms with van der Waals surface area (Å²) in [7, 11) is 0. The fraction of sp³-hybridized carbons (Fsp3) is 0.935. The summed E-state index contributed by atoms with van der Waals surface area (Å²) in [6, 6.07) is -3.47. The SMILES string of the molecule is CC(=O)N[C@H]1[C@H](OC[C@@H](O)[C@H](O)[C@H](O[C@@H]2O[C@H](CO)[C@H](O[C@@H]3O[C@H](CO)[C@H](O)[C@H](O)[C@H]3O)[C@H](O[C@@H]3O[C@H](CO)[C@H](O)[C@H](O[C@@H]4O[C@H](C(=O)O)[C@@H](O)[C@H](O)[C@H]4O)[C@H]3O)[C@H]2O[C@@H]2O[C@@H](C)[C@@H](O)[C@@H](O)[C@@H]2O)[C@H](CO)NC(C)=O)O[C@H](CO)[C@@H](O)[C@@H]1O. The Bertz CT molecular complexity index is 2080. The summed E-state index contributed by atoms with van der Waals surface area (Å²) >= 11 is 0. The van der Waals surface area contributed by atoms with Crippen molar-refractivity contribution in [2.45, 2.75) is 229 Å². The second-order valence-corrected chi connectivity index (χ2v) is 20.9. The number of hydrogen-bond acceptors (Lipinski definition) is 35. The Hall–Kier alpha value is -2.87. The summed E-state index contributed by atoms with van der Waals surface area (Å²) < 4.78 is 70.0. The molecule has 6 saturated heterocycles. The molecule has 0 aromatic heterocycles. The molecule has 6 fully saturated rings. The molecule has 6 aliphatic heterocycles. The van der Waals surface area contributed by atoms with Crippen molar-refractivity contribution >= 4 is 17.8 Å². The summed E-state index contributed by atoms with van der Waals surface area (Å²) in [6.45, 7) is -3.58. The minimum absolute atomic E-state index is 0.781. The topological polar surface area (TPSA) is 611 Å². The molecule has 23 N–H and O–H groups in total. The highest BCUT2D eigenvalue weighted by molar-refractivity contribution is 5.74. The molecule has 0 aromatic rings. The zero-order chi connectivity index (χ0) is 62.5. The summed E-state index contributed by atoms with van der Waals surface area (Å²) in [6.07, 6.45) is -68.8. The van der Waals surface area contributed by atoms with Crippen LogP contribution in [0.15, 0.2) is 0 Å². The van der Waals surface area contributed by atoms with E-state index < -0.39 is 266 Å². The van der Waals surface area contributed by atoms with Crippen LogP contribution in [0.4, 0.5) is 0 Å². The number of carboxylic acids is 1. The van der Waals surface area contributed by atoms with Crippen molar-refractivity contribution in [2.75, 3.05) is 39.6 Å². The van der Waals surface area contributed by atoms with Crippen LogP contribution in [0.1, 0.15) is 20.8 Å². The Labute approximate surface area is 475 Å². The van der Waals surface area contributed by atoms with Gasteiger partial charge in [-0.3, -0.25) is 9.59 Å². The first kappa shape index (κ1) is 70.2. The van der Waals surface area contributed by atoms with Gasteiger partial charge in [-0.15, -0.1) is 0 Å². The molecule has 0 saturated carbocycles. The van der Waals surface area contributed by atoms with Gasteiger partial charge in [-0.1, -0.05) is 0 Å². The first-order chi connectivity index (χ1) is 39.5. The number of ether oxygens (including phenoxy) is 12. The van der Waals surface area contributed by atoms with E-state index in [2.05, 4.69) is 10.6 Å². The molecule has 84 heavy (non-hydrogen) atoms. The zero-order valence-electron chi connectivity index (χ0n) is 44.9. The standard InChI is InChI=1S/C46H78N2O36/c1-10-20(57)26(63)30(67)42(74-10)84-39-38(83-45-33(70)36(24(61)17(7-52)77-45)81-44-32(69)28(65)29(66)37(82-44)40(71)72)35(80-43-31(68)27(64)23(60)16(6-51)76-43)18(8-53)78-46(39)79-34(13(4-49)47-11(2)54)21(58)14(56)9-73-41-19(48-12(3)55)25(62)22(59)15(5-50)75-41/h10,13-39,41-46,49-53,56-70H,4-9H2,1-3H3,(H,47,54)(H,48,55)(H,71,72)/t10-,13-,14+,15+,16+,17+,18+,19+,20+,21-,22+,23-,24-,25+,26+,27-,28-,29-,30-,31+,32+,33+,34+,35-,36-,37-,38-,39+,41+,42-,43-,44+,45-,46-/m0/s1. The van der Waals surface area contributed by atoms with Crippen LogP contribution in [-0.2, 0) is 71.2 Å². The van der Waals surface area contributed by atoms with E-state index in [9.17, 15) is 122 Å². The monoisotopic (exact) mass is 1230 g/mol.